The summed E-state index contributed by atoms with van der Waals surface area (Å²) in [6, 6.07) is 0. The Hall–Kier alpha value is -0.590. The normalized spacial score (nSPS) is 11.3. The maximum Gasteiger partial charge on any atom is 0.266 e. The van der Waals surface area contributed by atoms with Crippen molar-refractivity contribution in [2.45, 2.75) is 40.5 Å². The van der Waals surface area contributed by atoms with Crippen molar-refractivity contribution in [1.29, 1.82) is 0 Å². The van der Waals surface area contributed by atoms with Crippen LogP contribution in [0.15, 0.2) is 11.1 Å². The number of halogens is 1. The van der Waals surface area contributed by atoms with Crippen LogP contribution in [0.4, 0.5) is 5.82 Å². The molecule has 1 heterocycles. The van der Waals surface area contributed by atoms with Crippen molar-refractivity contribution in [3.05, 3.63) is 20.3 Å². The maximum atomic E-state index is 11.7. The van der Waals surface area contributed by atoms with Gasteiger partial charge in [-0.05, 0) is 47.3 Å². The standard InChI is InChI=1S/C14H24IN3O/c1-10(2)5-7-18(8-6-11(3)4)13-12(15)14(19)17-9-16-13/h9-11H,5-8H2,1-4H3,(H,16,17,19). The molecule has 0 bridgehead atoms. The van der Waals surface area contributed by atoms with Gasteiger partial charge in [-0.15, -0.1) is 0 Å². The number of nitrogens with one attached hydrogen (secondary N) is 1. The zero-order valence-corrected chi connectivity index (χ0v) is 14.4. The van der Waals surface area contributed by atoms with Crippen molar-refractivity contribution in [2.24, 2.45) is 11.8 Å². The van der Waals surface area contributed by atoms with Gasteiger partial charge in [-0.25, -0.2) is 4.98 Å². The highest BCUT2D eigenvalue weighted by Crippen LogP contribution is 2.18. The van der Waals surface area contributed by atoms with Crippen LogP contribution in [-0.4, -0.2) is 23.1 Å². The summed E-state index contributed by atoms with van der Waals surface area (Å²) in [4.78, 5) is 20.9. The molecule has 1 N–H and O–H groups in total. The van der Waals surface area contributed by atoms with Crippen molar-refractivity contribution < 1.29 is 0 Å². The van der Waals surface area contributed by atoms with Gasteiger partial charge in [0.15, 0.2) is 0 Å². The third-order valence-electron chi connectivity index (χ3n) is 3.03. The monoisotopic (exact) mass is 377 g/mol. The lowest BCUT2D eigenvalue weighted by molar-refractivity contribution is 0.532. The van der Waals surface area contributed by atoms with E-state index in [2.05, 4.69) is 65.2 Å². The van der Waals surface area contributed by atoms with E-state index in [4.69, 9.17) is 0 Å². The SMILES string of the molecule is CC(C)CCN(CCC(C)C)c1nc[nH]c(=O)c1I. The lowest BCUT2D eigenvalue weighted by atomic mass is 10.1. The number of H-pyrrole nitrogens is 1. The zero-order chi connectivity index (χ0) is 14.4. The fraction of sp³-hybridized carbons (Fsp3) is 0.714. The third kappa shape index (κ3) is 5.50. The zero-order valence-electron chi connectivity index (χ0n) is 12.2. The Labute approximate surface area is 129 Å². The van der Waals surface area contributed by atoms with Crippen LogP contribution in [0.3, 0.4) is 0 Å². The Bertz CT molecular complexity index is 431. The second-order valence-corrected chi connectivity index (χ2v) is 6.80. The minimum absolute atomic E-state index is 0.0512. The Morgan fingerprint density at radius 2 is 1.74 bits per heavy atom. The second-order valence-electron chi connectivity index (χ2n) is 5.72. The van der Waals surface area contributed by atoms with Gasteiger partial charge in [0.05, 0.1) is 6.33 Å². The molecule has 0 radical (unpaired) electrons. The molecule has 5 heteroatoms. The molecule has 108 valence electrons. The van der Waals surface area contributed by atoms with E-state index in [9.17, 15) is 4.79 Å². The molecule has 0 fully saturated rings. The molecule has 0 saturated heterocycles. The van der Waals surface area contributed by atoms with Gasteiger partial charge in [0, 0.05) is 13.1 Å². The molecule has 0 aliphatic carbocycles. The number of nitrogens with zero attached hydrogens (tertiary/aromatic N) is 2. The summed E-state index contributed by atoms with van der Waals surface area (Å²) < 4.78 is 0.688. The summed E-state index contributed by atoms with van der Waals surface area (Å²) in [7, 11) is 0. The van der Waals surface area contributed by atoms with Crippen molar-refractivity contribution in [1.82, 2.24) is 9.97 Å². The molecular formula is C14H24IN3O. The molecule has 0 amide bonds. The van der Waals surface area contributed by atoms with E-state index in [1.165, 1.54) is 6.33 Å². The van der Waals surface area contributed by atoms with Gasteiger partial charge in [0.1, 0.15) is 9.39 Å². The first kappa shape index (κ1) is 16.5. The Kier molecular flexibility index (Phi) is 6.82. The van der Waals surface area contributed by atoms with Gasteiger partial charge in [0.25, 0.3) is 5.56 Å². The highest BCUT2D eigenvalue weighted by molar-refractivity contribution is 14.1. The topological polar surface area (TPSA) is 49.0 Å². The van der Waals surface area contributed by atoms with Crippen LogP contribution in [0.2, 0.25) is 0 Å². The third-order valence-corrected chi connectivity index (χ3v) is 4.00. The number of aromatic nitrogens is 2. The first-order valence-electron chi connectivity index (χ1n) is 6.90. The molecule has 0 spiro atoms. The van der Waals surface area contributed by atoms with Crippen LogP contribution in [0.25, 0.3) is 0 Å². The number of aromatic amines is 1. The molecule has 0 aromatic carbocycles. The summed E-state index contributed by atoms with van der Waals surface area (Å²) >= 11 is 2.09. The molecule has 0 atom stereocenters. The Morgan fingerprint density at radius 1 is 1.21 bits per heavy atom. The second kappa shape index (κ2) is 7.87. The lowest BCUT2D eigenvalue weighted by Gasteiger charge is -2.26. The molecule has 0 unspecified atom stereocenters. The van der Waals surface area contributed by atoms with E-state index in [0.717, 1.165) is 31.7 Å². The summed E-state index contributed by atoms with van der Waals surface area (Å²) in [6.45, 7) is 10.8. The average molecular weight is 377 g/mol. The predicted molar refractivity (Wildman–Crippen MR) is 88.7 cm³/mol. The van der Waals surface area contributed by atoms with Crippen LogP contribution in [0.5, 0.6) is 0 Å². The van der Waals surface area contributed by atoms with Crippen LogP contribution >= 0.6 is 22.6 Å². The number of anilines is 1. The smallest absolute Gasteiger partial charge is 0.266 e. The van der Waals surface area contributed by atoms with Crippen LogP contribution in [-0.2, 0) is 0 Å². The van der Waals surface area contributed by atoms with Crippen LogP contribution < -0.4 is 10.5 Å². The predicted octanol–water partition coefficient (Wildman–Crippen LogP) is 3.27. The highest BCUT2D eigenvalue weighted by Gasteiger charge is 2.14. The van der Waals surface area contributed by atoms with Gasteiger partial charge in [0.2, 0.25) is 0 Å². The molecule has 0 aliphatic rings. The van der Waals surface area contributed by atoms with E-state index in [1.54, 1.807) is 0 Å². The minimum atomic E-state index is -0.0512. The fourth-order valence-electron chi connectivity index (χ4n) is 1.75. The first-order valence-corrected chi connectivity index (χ1v) is 7.97. The van der Waals surface area contributed by atoms with Gasteiger partial charge in [-0.1, -0.05) is 27.7 Å². The Morgan fingerprint density at radius 3 is 2.21 bits per heavy atom. The summed E-state index contributed by atoms with van der Waals surface area (Å²) in [5.74, 6) is 2.13. The molecule has 19 heavy (non-hydrogen) atoms. The lowest BCUT2D eigenvalue weighted by Crippen LogP contribution is -2.31. The average Bonchev–Trinajstić information content (AvgIpc) is 2.33. The molecule has 0 aliphatic heterocycles. The quantitative estimate of drug-likeness (QED) is 0.742. The highest BCUT2D eigenvalue weighted by atomic mass is 127. The van der Waals surface area contributed by atoms with Gasteiger partial charge in [-0.3, -0.25) is 4.79 Å². The van der Waals surface area contributed by atoms with Crippen molar-refractivity contribution in [3.63, 3.8) is 0 Å². The van der Waals surface area contributed by atoms with E-state index < -0.39 is 0 Å². The number of hydrogen-bond donors (Lipinski definition) is 1. The van der Waals surface area contributed by atoms with E-state index in [1.807, 2.05) is 0 Å². The summed E-state index contributed by atoms with van der Waals surface area (Å²) in [5, 5.41) is 0. The molecule has 4 nitrogen and oxygen atoms in total. The maximum absolute atomic E-state index is 11.7. The van der Waals surface area contributed by atoms with Crippen LogP contribution in [0, 0.1) is 15.4 Å². The van der Waals surface area contributed by atoms with E-state index in [0.29, 0.717) is 15.4 Å². The van der Waals surface area contributed by atoms with Crippen molar-refractivity contribution in [3.8, 4) is 0 Å². The van der Waals surface area contributed by atoms with Crippen molar-refractivity contribution >= 4 is 28.4 Å². The number of rotatable bonds is 7. The van der Waals surface area contributed by atoms with Crippen LogP contribution in [0.1, 0.15) is 40.5 Å². The van der Waals surface area contributed by atoms with E-state index >= 15 is 0 Å². The molecule has 1 aromatic rings. The molecule has 0 saturated carbocycles. The summed E-state index contributed by atoms with van der Waals surface area (Å²) in [6.07, 6.45) is 3.73. The minimum Gasteiger partial charge on any atom is -0.356 e. The Balaban J connectivity index is 2.87. The molecule has 1 aromatic heterocycles. The van der Waals surface area contributed by atoms with Gasteiger partial charge < -0.3 is 9.88 Å². The summed E-state index contributed by atoms with van der Waals surface area (Å²) in [5.41, 5.74) is -0.0512. The molecule has 1 rings (SSSR count). The molecular weight excluding hydrogens is 353 g/mol. The fourth-order valence-corrected chi connectivity index (χ4v) is 2.38. The van der Waals surface area contributed by atoms with Gasteiger partial charge >= 0.3 is 0 Å². The van der Waals surface area contributed by atoms with Gasteiger partial charge in [-0.2, -0.15) is 0 Å². The van der Waals surface area contributed by atoms with Crippen molar-refractivity contribution in [2.75, 3.05) is 18.0 Å². The first-order chi connectivity index (χ1) is 8.91. The number of hydrogen-bond acceptors (Lipinski definition) is 3. The largest absolute Gasteiger partial charge is 0.356 e. The van der Waals surface area contributed by atoms with E-state index in [-0.39, 0.29) is 5.56 Å².